The van der Waals surface area contributed by atoms with E-state index in [1.165, 1.54) is 16.0 Å². The highest BCUT2D eigenvalue weighted by atomic mass is 32.1. The summed E-state index contributed by atoms with van der Waals surface area (Å²) < 4.78 is 3.23. The summed E-state index contributed by atoms with van der Waals surface area (Å²) in [4.78, 5) is 28.9. The largest absolute Gasteiger partial charge is 0.349 e. The molecule has 1 aliphatic heterocycles. The van der Waals surface area contributed by atoms with Crippen LogP contribution in [-0.2, 0) is 19.5 Å². The summed E-state index contributed by atoms with van der Waals surface area (Å²) in [6.45, 7) is 0.987. The van der Waals surface area contributed by atoms with Crippen molar-refractivity contribution in [3.8, 4) is 0 Å². The Morgan fingerprint density at radius 2 is 2.27 bits per heavy atom. The van der Waals surface area contributed by atoms with Crippen molar-refractivity contribution in [2.24, 2.45) is 0 Å². The van der Waals surface area contributed by atoms with Gasteiger partial charge in [0.2, 0.25) is 0 Å². The summed E-state index contributed by atoms with van der Waals surface area (Å²) in [5.41, 5.74) is 1.54. The van der Waals surface area contributed by atoms with Crippen LogP contribution in [0.5, 0.6) is 0 Å². The van der Waals surface area contributed by atoms with Crippen LogP contribution >= 0.6 is 11.3 Å². The third-order valence-electron chi connectivity index (χ3n) is 4.59. The number of carbonyl (C=O) groups excluding carboxylic acids is 1. The zero-order valence-corrected chi connectivity index (χ0v) is 15.0. The molecule has 0 bridgehead atoms. The van der Waals surface area contributed by atoms with Crippen LogP contribution in [0, 0.1) is 0 Å². The Balaban J connectivity index is 1.44. The summed E-state index contributed by atoms with van der Waals surface area (Å²) in [6, 6.07) is 5.65. The minimum Gasteiger partial charge on any atom is -0.349 e. The monoisotopic (exact) mass is 369 g/mol. The van der Waals surface area contributed by atoms with Gasteiger partial charge in [-0.05, 0) is 35.9 Å². The quantitative estimate of drug-likeness (QED) is 0.759. The molecule has 1 atom stereocenters. The van der Waals surface area contributed by atoms with E-state index in [1.807, 2.05) is 29.0 Å². The van der Waals surface area contributed by atoms with Crippen molar-refractivity contribution in [2.45, 2.75) is 38.4 Å². The van der Waals surface area contributed by atoms with Crippen LogP contribution in [0.2, 0.25) is 0 Å². The maximum absolute atomic E-state index is 12.6. The van der Waals surface area contributed by atoms with Gasteiger partial charge < -0.3 is 5.32 Å². The van der Waals surface area contributed by atoms with Gasteiger partial charge in [-0.1, -0.05) is 6.07 Å². The van der Waals surface area contributed by atoms with E-state index in [9.17, 15) is 9.59 Å². The van der Waals surface area contributed by atoms with E-state index < -0.39 is 0 Å². The normalized spacial score (nSPS) is 16.7. The third kappa shape index (κ3) is 3.45. The zero-order valence-electron chi connectivity index (χ0n) is 14.2. The number of aromatic nitrogens is 4. The molecule has 1 N–H and O–H groups in total. The summed E-state index contributed by atoms with van der Waals surface area (Å²) in [5.74, 6) is 0.732. The van der Waals surface area contributed by atoms with E-state index >= 15 is 0 Å². The number of aryl methyl sites for hydroxylation is 1. The van der Waals surface area contributed by atoms with E-state index in [0.29, 0.717) is 25.1 Å². The van der Waals surface area contributed by atoms with E-state index in [4.69, 9.17) is 0 Å². The van der Waals surface area contributed by atoms with Crippen LogP contribution in [0.3, 0.4) is 0 Å². The molecule has 3 aromatic rings. The molecular weight excluding hydrogens is 350 g/mol. The van der Waals surface area contributed by atoms with Gasteiger partial charge in [-0.2, -0.15) is 16.4 Å². The standard InChI is InChI=1S/C18H19N5O2S/c24-17(14-6-9-26-12-14)20-15-3-4-16-21-23(18(25)22(16)8-5-15)11-13-2-1-7-19-10-13/h1-2,6-7,9-10,12,15H,3-5,8,11H2,(H,20,24). The molecule has 0 spiro atoms. The molecule has 134 valence electrons. The van der Waals surface area contributed by atoms with Gasteiger partial charge in [0.1, 0.15) is 5.82 Å². The molecular formula is C18H19N5O2S. The molecule has 8 heteroatoms. The molecule has 3 aromatic heterocycles. The van der Waals surface area contributed by atoms with Gasteiger partial charge in [0.05, 0.1) is 6.54 Å². The fraction of sp³-hybridized carbons (Fsp3) is 0.333. The lowest BCUT2D eigenvalue weighted by Crippen LogP contribution is -2.35. The first kappa shape index (κ1) is 16.7. The highest BCUT2D eigenvalue weighted by molar-refractivity contribution is 7.08. The fourth-order valence-corrected chi connectivity index (χ4v) is 3.84. The van der Waals surface area contributed by atoms with Crippen LogP contribution in [0.1, 0.15) is 34.6 Å². The third-order valence-corrected chi connectivity index (χ3v) is 5.27. The zero-order chi connectivity index (χ0) is 17.9. The second-order valence-corrected chi connectivity index (χ2v) is 7.16. The van der Waals surface area contributed by atoms with E-state index in [2.05, 4.69) is 15.4 Å². The predicted octanol–water partition coefficient (Wildman–Crippen LogP) is 1.68. The average molecular weight is 369 g/mol. The lowest BCUT2D eigenvalue weighted by molar-refractivity contribution is 0.0933. The minimum atomic E-state index is -0.103. The Morgan fingerprint density at radius 3 is 3.04 bits per heavy atom. The first-order chi connectivity index (χ1) is 12.7. The fourth-order valence-electron chi connectivity index (χ4n) is 3.20. The Hall–Kier alpha value is -2.74. The lowest BCUT2D eigenvalue weighted by atomic mass is 10.1. The summed E-state index contributed by atoms with van der Waals surface area (Å²) in [7, 11) is 0. The molecule has 4 heterocycles. The number of hydrogen-bond acceptors (Lipinski definition) is 5. The maximum atomic E-state index is 12.6. The summed E-state index contributed by atoms with van der Waals surface area (Å²) in [6.07, 6.45) is 5.62. The first-order valence-corrected chi connectivity index (χ1v) is 9.53. The second-order valence-electron chi connectivity index (χ2n) is 6.38. The van der Waals surface area contributed by atoms with Gasteiger partial charge in [-0.25, -0.2) is 9.48 Å². The number of carbonyl (C=O) groups is 1. The van der Waals surface area contributed by atoms with Crippen LogP contribution in [0.25, 0.3) is 0 Å². The number of rotatable bonds is 4. The molecule has 0 aliphatic carbocycles. The molecule has 0 saturated heterocycles. The van der Waals surface area contributed by atoms with Crippen LogP contribution in [0.15, 0.2) is 46.1 Å². The van der Waals surface area contributed by atoms with E-state index in [1.54, 1.807) is 17.0 Å². The van der Waals surface area contributed by atoms with E-state index in [-0.39, 0.29) is 17.6 Å². The van der Waals surface area contributed by atoms with Crippen molar-refractivity contribution in [1.82, 2.24) is 24.6 Å². The van der Waals surface area contributed by atoms with Crippen molar-refractivity contribution >= 4 is 17.2 Å². The molecule has 1 unspecified atom stereocenters. The highest BCUT2D eigenvalue weighted by Crippen LogP contribution is 2.14. The number of pyridine rings is 1. The van der Waals surface area contributed by atoms with Crippen LogP contribution < -0.4 is 11.0 Å². The van der Waals surface area contributed by atoms with Gasteiger partial charge in [0.25, 0.3) is 5.91 Å². The molecule has 4 rings (SSSR count). The summed E-state index contributed by atoms with van der Waals surface area (Å²) in [5, 5.41) is 11.3. The smallest absolute Gasteiger partial charge is 0.346 e. The number of nitrogens with one attached hydrogen (secondary N) is 1. The average Bonchev–Trinajstić information content (AvgIpc) is 3.23. The van der Waals surface area contributed by atoms with Gasteiger partial charge in [-0.3, -0.25) is 14.3 Å². The molecule has 0 fully saturated rings. The second kappa shape index (κ2) is 7.25. The lowest BCUT2D eigenvalue weighted by Gasteiger charge is -2.15. The molecule has 0 saturated carbocycles. The number of amides is 1. The molecule has 7 nitrogen and oxygen atoms in total. The van der Waals surface area contributed by atoms with E-state index in [0.717, 1.165) is 24.2 Å². The van der Waals surface area contributed by atoms with Gasteiger partial charge in [0, 0.05) is 42.3 Å². The van der Waals surface area contributed by atoms with Crippen molar-refractivity contribution in [3.05, 3.63) is 68.8 Å². The first-order valence-electron chi connectivity index (χ1n) is 8.59. The van der Waals surface area contributed by atoms with Gasteiger partial charge in [0.15, 0.2) is 0 Å². The predicted molar refractivity (Wildman–Crippen MR) is 98.3 cm³/mol. The molecule has 26 heavy (non-hydrogen) atoms. The Morgan fingerprint density at radius 1 is 1.35 bits per heavy atom. The van der Waals surface area contributed by atoms with Crippen molar-refractivity contribution < 1.29 is 4.79 Å². The Bertz CT molecular complexity index is 946. The topological polar surface area (TPSA) is 81.8 Å². The number of fused-ring (bicyclic) bond motifs is 1. The van der Waals surface area contributed by atoms with Crippen molar-refractivity contribution in [1.29, 1.82) is 0 Å². The number of nitrogens with zero attached hydrogens (tertiary/aromatic N) is 4. The Labute approximate surface area is 154 Å². The van der Waals surface area contributed by atoms with Gasteiger partial charge >= 0.3 is 5.69 Å². The molecule has 0 radical (unpaired) electrons. The minimum absolute atomic E-state index is 0.0511. The molecule has 1 amide bonds. The van der Waals surface area contributed by atoms with Crippen molar-refractivity contribution in [2.75, 3.05) is 0 Å². The van der Waals surface area contributed by atoms with Crippen LogP contribution in [-0.4, -0.2) is 31.3 Å². The van der Waals surface area contributed by atoms with Gasteiger partial charge in [-0.15, -0.1) is 0 Å². The van der Waals surface area contributed by atoms with Crippen LogP contribution in [0.4, 0.5) is 0 Å². The summed E-state index contributed by atoms with van der Waals surface area (Å²) >= 11 is 1.51. The maximum Gasteiger partial charge on any atom is 0.346 e. The SMILES string of the molecule is O=C(NC1CCc2nn(Cc3cccnc3)c(=O)n2CC1)c1ccsc1. The number of thiophene rings is 1. The molecule has 0 aromatic carbocycles. The Kier molecular flexibility index (Phi) is 4.66. The van der Waals surface area contributed by atoms with Crippen molar-refractivity contribution in [3.63, 3.8) is 0 Å². The number of hydrogen-bond donors (Lipinski definition) is 1. The molecule has 1 aliphatic rings. The highest BCUT2D eigenvalue weighted by Gasteiger charge is 2.22.